The third-order valence-electron chi connectivity index (χ3n) is 4.67. The molecule has 1 aromatic rings. The first kappa shape index (κ1) is 17.4. The fourth-order valence-electron chi connectivity index (χ4n) is 3.45. The summed E-state index contributed by atoms with van der Waals surface area (Å²) in [7, 11) is 0. The molecule has 1 aromatic carbocycles. The molecule has 0 bridgehead atoms. The highest BCUT2D eigenvalue weighted by atomic mass is 35.5. The summed E-state index contributed by atoms with van der Waals surface area (Å²) in [5, 5.41) is 5.30. The number of hydrogen-bond donors (Lipinski definition) is 1. The second kappa shape index (κ2) is 7.55. The van der Waals surface area contributed by atoms with Gasteiger partial charge in [-0.05, 0) is 43.2 Å². The smallest absolute Gasteiger partial charge is 0.0781 e. The zero-order valence-corrected chi connectivity index (χ0v) is 15.2. The van der Waals surface area contributed by atoms with Gasteiger partial charge in [0.15, 0.2) is 0 Å². The van der Waals surface area contributed by atoms with E-state index in [2.05, 4.69) is 26.1 Å². The standard InChI is InChI=1S/C17H24Cl3N/c1-10(2)12-6-4-5-7-15(12)21-11(3)13-8-9-14(18)17(20)16(13)19/h8-12,15,21H,4-7H2,1-3H3. The Labute approximate surface area is 143 Å². The van der Waals surface area contributed by atoms with Crippen LogP contribution in [0.5, 0.6) is 0 Å². The van der Waals surface area contributed by atoms with Crippen molar-refractivity contribution in [2.45, 2.75) is 58.5 Å². The maximum Gasteiger partial charge on any atom is 0.0781 e. The lowest BCUT2D eigenvalue weighted by atomic mass is 9.77. The Bertz CT molecular complexity index is 487. The zero-order chi connectivity index (χ0) is 15.6. The fraction of sp³-hybridized carbons (Fsp3) is 0.647. The van der Waals surface area contributed by atoms with Crippen molar-refractivity contribution in [2.24, 2.45) is 11.8 Å². The first-order valence-corrected chi connectivity index (χ1v) is 8.94. The molecule has 1 saturated carbocycles. The predicted octanol–water partition coefficient (Wildman–Crippen LogP) is 6.51. The van der Waals surface area contributed by atoms with Crippen LogP contribution in [0.15, 0.2) is 12.1 Å². The SMILES string of the molecule is CC(NC1CCCCC1C(C)C)c1ccc(Cl)c(Cl)c1Cl. The zero-order valence-electron chi connectivity index (χ0n) is 12.9. The molecule has 2 rings (SSSR count). The monoisotopic (exact) mass is 347 g/mol. The van der Waals surface area contributed by atoms with Gasteiger partial charge in [-0.25, -0.2) is 0 Å². The van der Waals surface area contributed by atoms with E-state index in [1.54, 1.807) is 0 Å². The molecule has 4 heteroatoms. The summed E-state index contributed by atoms with van der Waals surface area (Å²) >= 11 is 18.5. The van der Waals surface area contributed by atoms with Crippen LogP contribution in [-0.2, 0) is 0 Å². The van der Waals surface area contributed by atoms with E-state index in [9.17, 15) is 0 Å². The Morgan fingerprint density at radius 3 is 2.33 bits per heavy atom. The largest absolute Gasteiger partial charge is 0.307 e. The van der Waals surface area contributed by atoms with E-state index in [1.807, 2.05) is 12.1 Å². The van der Waals surface area contributed by atoms with E-state index < -0.39 is 0 Å². The maximum absolute atomic E-state index is 6.35. The second-order valence-electron chi connectivity index (χ2n) is 6.45. The molecule has 118 valence electrons. The first-order valence-electron chi connectivity index (χ1n) is 7.81. The van der Waals surface area contributed by atoms with Crippen LogP contribution in [0.3, 0.4) is 0 Å². The molecule has 21 heavy (non-hydrogen) atoms. The van der Waals surface area contributed by atoms with Crippen molar-refractivity contribution >= 4 is 34.8 Å². The van der Waals surface area contributed by atoms with Crippen molar-refractivity contribution in [2.75, 3.05) is 0 Å². The van der Waals surface area contributed by atoms with Crippen molar-refractivity contribution in [3.8, 4) is 0 Å². The topological polar surface area (TPSA) is 12.0 Å². The van der Waals surface area contributed by atoms with Crippen molar-refractivity contribution in [3.63, 3.8) is 0 Å². The third kappa shape index (κ3) is 4.07. The van der Waals surface area contributed by atoms with Gasteiger partial charge in [-0.1, -0.05) is 67.6 Å². The molecule has 0 aromatic heterocycles. The summed E-state index contributed by atoms with van der Waals surface area (Å²) in [6.45, 7) is 6.79. The van der Waals surface area contributed by atoms with E-state index >= 15 is 0 Å². The van der Waals surface area contributed by atoms with Crippen LogP contribution in [0.1, 0.15) is 58.1 Å². The minimum Gasteiger partial charge on any atom is -0.307 e. The number of benzene rings is 1. The molecule has 0 aliphatic heterocycles. The van der Waals surface area contributed by atoms with Gasteiger partial charge in [0.05, 0.1) is 15.1 Å². The summed E-state index contributed by atoms with van der Waals surface area (Å²) in [6, 6.07) is 4.53. The second-order valence-corrected chi connectivity index (χ2v) is 7.61. The van der Waals surface area contributed by atoms with Crippen molar-refractivity contribution in [1.82, 2.24) is 5.32 Å². The summed E-state index contributed by atoms with van der Waals surface area (Å²) in [5.74, 6) is 1.45. The van der Waals surface area contributed by atoms with Crippen LogP contribution in [0.4, 0.5) is 0 Å². The van der Waals surface area contributed by atoms with Crippen LogP contribution in [0.2, 0.25) is 15.1 Å². The Hall–Kier alpha value is 0.0500. The van der Waals surface area contributed by atoms with Gasteiger partial charge in [-0.15, -0.1) is 0 Å². The first-order chi connectivity index (χ1) is 9.91. The lowest BCUT2D eigenvalue weighted by molar-refractivity contribution is 0.195. The normalized spacial score (nSPS) is 24.3. The van der Waals surface area contributed by atoms with Crippen molar-refractivity contribution in [3.05, 3.63) is 32.8 Å². The molecule has 1 aliphatic carbocycles. The Morgan fingerprint density at radius 2 is 1.67 bits per heavy atom. The van der Waals surface area contributed by atoms with Crippen molar-refractivity contribution in [1.29, 1.82) is 0 Å². The minimum absolute atomic E-state index is 0.177. The van der Waals surface area contributed by atoms with Crippen LogP contribution in [-0.4, -0.2) is 6.04 Å². The Kier molecular flexibility index (Phi) is 6.25. The van der Waals surface area contributed by atoms with E-state index in [0.29, 0.717) is 27.0 Å². The molecule has 0 amide bonds. The highest BCUT2D eigenvalue weighted by Crippen LogP contribution is 2.37. The third-order valence-corrected chi connectivity index (χ3v) is 5.98. The molecule has 0 saturated heterocycles. The average molecular weight is 349 g/mol. The Balaban J connectivity index is 2.13. The van der Waals surface area contributed by atoms with E-state index in [-0.39, 0.29) is 6.04 Å². The van der Waals surface area contributed by atoms with Gasteiger partial charge in [0.1, 0.15) is 0 Å². The molecule has 1 N–H and O–H groups in total. The highest BCUT2D eigenvalue weighted by Gasteiger charge is 2.29. The molecule has 0 heterocycles. The van der Waals surface area contributed by atoms with E-state index in [0.717, 1.165) is 11.5 Å². The Morgan fingerprint density at radius 1 is 1.00 bits per heavy atom. The van der Waals surface area contributed by atoms with Crippen LogP contribution in [0.25, 0.3) is 0 Å². The molecule has 0 radical (unpaired) electrons. The van der Waals surface area contributed by atoms with Crippen LogP contribution in [0, 0.1) is 11.8 Å². The van der Waals surface area contributed by atoms with Gasteiger partial charge in [0, 0.05) is 12.1 Å². The number of nitrogens with one attached hydrogen (secondary N) is 1. The highest BCUT2D eigenvalue weighted by molar-refractivity contribution is 6.48. The molecule has 1 aliphatic rings. The minimum atomic E-state index is 0.177. The maximum atomic E-state index is 6.35. The lowest BCUT2D eigenvalue weighted by Gasteiger charge is -2.37. The predicted molar refractivity (Wildman–Crippen MR) is 93.6 cm³/mol. The molecule has 1 fully saturated rings. The average Bonchev–Trinajstić information content (AvgIpc) is 2.45. The molecule has 3 atom stereocenters. The molecule has 0 spiro atoms. The summed E-state index contributed by atoms with van der Waals surface area (Å²) in [6.07, 6.45) is 5.22. The summed E-state index contributed by atoms with van der Waals surface area (Å²) < 4.78 is 0. The number of hydrogen-bond acceptors (Lipinski definition) is 1. The van der Waals surface area contributed by atoms with Gasteiger partial charge < -0.3 is 5.32 Å². The number of rotatable bonds is 4. The van der Waals surface area contributed by atoms with Gasteiger partial charge in [0.2, 0.25) is 0 Å². The summed E-state index contributed by atoms with van der Waals surface area (Å²) in [4.78, 5) is 0. The molecule has 3 unspecified atom stereocenters. The van der Waals surface area contributed by atoms with E-state index in [1.165, 1.54) is 25.7 Å². The number of halogens is 3. The quantitative estimate of drug-likeness (QED) is 0.611. The molecular formula is C17H24Cl3N. The van der Waals surface area contributed by atoms with E-state index in [4.69, 9.17) is 34.8 Å². The fourth-order valence-corrected chi connectivity index (χ4v) is 4.16. The molecular weight excluding hydrogens is 325 g/mol. The summed E-state index contributed by atoms with van der Waals surface area (Å²) in [5.41, 5.74) is 1.03. The van der Waals surface area contributed by atoms with Crippen LogP contribution < -0.4 is 5.32 Å². The van der Waals surface area contributed by atoms with Gasteiger partial charge in [-0.3, -0.25) is 0 Å². The van der Waals surface area contributed by atoms with Gasteiger partial charge in [0.25, 0.3) is 0 Å². The lowest BCUT2D eigenvalue weighted by Crippen LogP contribution is -2.42. The van der Waals surface area contributed by atoms with Gasteiger partial charge >= 0.3 is 0 Å². The van der Waals surface area contributed by atoms with Gasteiger partial charge in [-0.2, -0.15) is 0 Å². The molecule has 1 nitrogen and oxygen atoms in total. The van der Waals surface area contributed by atoms with Crippen LogP contribution >= 0.6 is 34.8 Å². The van der Waals surface area contributed by atoms with Crippen molar-refractivity contribution < 1.29 is 0 Å².